The standard InChI is InChI=1S/C22H24N2O6/c1-29-19-13-15(5-9-21(25)26)3-7-17(19)23-11-12-24-18-8-4-16(6-10-22(27)28)14-20(18)30-2/h3-10,13-14,23-24H,11-12H2,1-2H3,(H,25,26)(H,27,28). The third kappa shape index (κ3) is 6.90. The number of ether oxygens (including phenoxy) is 2. The smallest absolute Gasteiger partial charge is 0.328 e. The van der Waals surface area contributed by atoms with Gasteiger partial charge in [0.1, 0.15) is 11.5 Å². The Balaban J connectivity index is 1.96. The molecular formula is C22H24N2O6. The van der Waals surface area contributed by atoms with Crippen LogP contribution in [0.15, 0.2) is 48.6 Å². The van der Waals surface area contributed by atoms with Crippen molar-refractivity contribution in [1.29, 1.82) is 0 Å². The van der Waals surface area contributed by atoms with Gasteiger partial charge in [0.25, 0.3) is 0 Å². The molecule has 0 saturated heterocycles. The zero-order chi connectivity index (χ0) is 21.9. The molecule has 2 rings (SSSR count). The lowest BCUT2D eigenvalue weighted by molar-refractivity contribution is -0.132. The van der Waals surface area contributed by atoms with Crippen molar-refractivity contribution in [3.8, 4) is 11.5 Å². The topological polar surface area (TPSA) is 117 Å². The van der Waals surface area contributed by atoms with Crippen LogP contribution in [0.5, 0.6) is 11.5 Å². The Morgan fingerprint density at radius 3 is 1.53 bits per heavy atom. The number of aliphatic carboxylic acids is 2. The van der Waals surface area contributed by atoms with Crippen LogP contribution in [0.25, 0.3) is 12.2 Å². The summed E-state index contributed by atoms with van der Waals surface area (Å²) in [5.74, 6) is -0.809. The Kier molecular flexibility index (Phi) is 8.31. The number of hydrogen-bond donors (Lipinski definition) is 4. The Morgan fingerprint density at radius 1 is 0.800 bits per heavy atom. The van der Waals surface area contributed by atoms with E-state index in [1.807, 2.05) is 12.1 Å². The van der Waals surface area contributed by atoms with Gasteiger partial charge in [0.05, 0.1) is 25.6 Å². The van der Waals surface area contributed by atoms with Gasteiger partial charge in [-0.05, 0) is 47.5 Å². The normalized spacial score (nSPS) is 10.9. The number of rotatable bonds is 11. The van der Waals surface area contributed by atoms with Crippen LogP contribution in [-0.2, 0) is 9.59 Å². The van der Waals surface area contributed by atoms with E-state index in [9.17, 15) is 9.59 Å². The van der Waals surface area contributed by atoms with E-state index in [4.69, 9.17) is 19.7 Å². The summed E-state index contributed by atoms with van der Waals surface area (Å²) in [5, 5.41) is 24.0. The highest BCUT2D eigenvalue weighted by Crippen LogP contribution is 2.27. The first kappa shape index (κ1) is 22.4. The number of benzene rings is 2. The summed E-state index contributed by atoms with van der Waals surface area (Å²) in [6.45, 7) is 1.18. The Bertz CT molecular complexity index is 875. The summed E-state index contributed by atoms with van der Waals surface area (Å²) < 4.78 is 10.7. The summed E-state index contributed by atoms with van der Waals surface area (Å²) >= 11 is 0. The molecule has 0 fully saturated rings. The summed E-state index contributed by atoms with van der Waals surface area (Å²) in [7, 11) is 3.10. The van der Waals surface area contributed by atoms with E-state index in [1.54, 1.807) is 38.5 Å². The van der Waals surface area contributed by atoms with Gasteiger partial charge in [-0.3, -0.25) is 0 Å². The van der Waals surface area contributed by atoms with E-state index in [1.165, 1.54) is 12.2 Å². The molecule has 8 heteroatoms. The second-order valence-corrected chi connectivity index (χ2v) is 6.12. The lowest BCUT2D eigenvalue weighted by Crippen LogP contribution is -2.14. The number of carboxylic acids is 2. The maximum atomic E-state index is 10.6. The summed E-state index contributed by atoms with van der Waals surface area (Å²) in [6.07, 6.45) is 5.14. The molecule has 2 aromatic carbocycles. The monoisotopic (exact) mass is 412 g/mol. The van der Waals surface area contributed by atoms with Crippen LogP contribution in [0.1, 0.15) is 11.1 Å². The second-order valence-electron chi connectivity index (χ2n) is 6.12. The van der Waals surface area contributed by atoms with Gasteiger partial charge in [0.2, 0.25) is 0 Å². The van der Waals surface area contributed by atoms with Crippen molar-refractivity contribution in [3.05, 3.63) is 59.7 Å². The number of hydrogen-bond acceptors (Lipinski definition) is 6. The van der Waals surface area contributed by atoms with E-state index in [2.05, 4.69) is 10.6 Å². The van der Waals surface area contributed by atoms with E-state index in [0.717, 1.165) is 34.7 Å². The summed E-state index contributed by atoms with van der Waals surface area (Å²) in [4.78, 5) is 21.3. The first-order valence-electron chi connectivity index (χ1n) is 9.08. The lowest BCUT2D eigenvalue weighted by atomic mass is 10.1. The number of anilines is 2. The molecule has 0 bridgehead atoms. The van der Waals surface area contributed by atoms with Crippen LogP contribution in [0.4, 0.5) is 11.4 Å². The molecule has 30 heavy (non-hydrogen) atoms. The molecule has 4 N–H and O–H groups in total. The van der Waals surface area contributed by atoms with Crippen LogP contribution < -0.4 is 20.1 Å². The van der Waals surface area contributed by atoms with Crippen LogP contribution in [0, 0.1) is 0 Å². The van der Waals surface area contributed by atoms with Crippen LogP contribution in [0.2, 0.25) is 0 Å². The quantitative estimate of drug-likeness (QED) is 0.328. The molecule has 0 aliphatic heterocycles. The minimum atomic E-state index is -1.01. The molecule has 0 heterocycles. The first-order chi connectivity index (χ1) is 14.4. The number of nitrogens with one attached hydrogen (secondary N) is 2. The van der Waals surface area contributed by atoms with Crippen molar-refractivity contribution in [2.24, 2.45) is 0 Å². The average Bonchev–Trinajstić information content (AvgIpc) is 2.74. The molecule has 0 unspecified atom stereocenters. The van der Waals surface area contributed by atoms with Crippen molar-refractivity contribution in [3.63, 3.8) is 0 Å². The Labute approximate surface area is 174 Å². The van der Waals surface area contributed by atoms with Crippen molar-refractivity contribution < 1.29 is 29.3 Å². The fourth-order valence-electron chi connectivity index (χ4n) is 2.64. The minimum Gasteiger partial charge on any atom is -0.495 e. The molecule has 0 atom stereocenters. The van der Waals surface area contributed by atoms with Gasteiger partial charge in [-0.25, -0.2) is 9.59 Å². The van der Waals surface area contributed by atoms with Crippen molar-refractivity contribution in [2.45, 2.75) is 0 Å². The van der Waals surface area contributed by atoms with Crippen LogP contribution >= 0.6 is 0 Å². The molecule has 158 valence electrons. The molecule has 0 radical (unpaired) electrons. The highest BCUT2D eigenvalue weighted by molar-refractivity contribution is 5.86. The fraction of sp³-hybridized carbons (Fsp3) is 0.182. The lowest BCUT2D eigenvalue weighted by Gasteiger charge is -2.14. The molecule has 8 nitrogen and oxygen atoms in total. The second kappa shape index (κ2) is 11.2. The fourth-order valence-corrected chi connectivity index (χ4v) is 2.64. The summed E-state index contributed by atoms with van der Waals surface area (Å²) in [5.41, 5.74) is 3.01. The van der Waals surface area contributed by atoms with Gasteiger partial charge in [-0.15, -0.1) is 0 Å². The predicted octanol–water partition coefficient (Wildman–Crippen LogP) is 3.42. The van der Waals surface area contributed by atoms with Crippen molar-refractivity contribution in [2.75, 3.05) is 37.9 Å². The molecule has 0 saturated carbocycles. The molecular weight excluding hydrogens is 388 g/mol. The largest absolute Gasteiger partial charge is 0.495 e. The maximum Gasteiger partial charge on any atom is 0.328 e. The molecule has 0 aliphatic rings. The zero-order valence-electron chi connectivity index (χ0n) is 16.7. The Morgan fingerprint density at radius 2 is 1.20 bits per heavy atom. The maximum absolute atomic E-state index is 10.6. The highest BCUT2D eigenvalue weighted by atomic mass is 16.5. The van der Waals surface area contributed by atoms with Gasteiger partial charge in [0, 0.05) is 25.2 Å². The number of methoxy groups -OCH3 is 2. The van der Waals surface area contributed by atoms with E-state index < -0.39 is 11.9 Å². The highest BCUT2D eigenvalue weighted by Gasteiger charge is 2.05. The first-order valence-corrected chi connectivity index (χ1v) is 9.08. The SMILES string of the molecule is COc1cc(C=CC(=O)O)ccc1NCCNc1ccc(C=CC(=O)O)cc1OC. The molecule has 0 aromatic heterocycles. The number of carbonyl (C=O) groups is 2. The van der Waals surface area contributed by atoms with E-state index in [0.29, 0.717) is 24.6 Å². The van der Waals surface area contributed by atoms with E-state index >= 15 is 0 Å². The average molecular weight is 412 g/mol. The van der Waals surface area contributed by atoms with E-state index in [-0.39, 0.29) is 0 Å². The van der Waals surface area contributed by atoms with Gasteiger partial charge in [-0.2, -0.15) is 0 Å². The molecule has 2 aromatic rings. The van der Waals surface area contributed by atoms with Crippen LogP contribution in [0.3, 0.4) is 0 Å². The van der Waals surface area contributed by atoms with Crippen LogP contribution in [-0.4, -0.2) is 49.5 Å². The Hall–Kier alpha value is -3.94. The third-order valence-electron chi connectivity index (χ3n) is 4.04. The van der Waals surface area contributed by atoms with Gasteiger partial charge in [-0.1, -0.05) is 12.1 Å². The van der Waals surface area contributed by atoms with Crippen molar-refractivity contribution >= 4 is 35.5 Å². The van der Waals surface area contributed by atoms with Gasteiger partial charge >= 0.3 is 11.9 Å². The molecule has 0 amide bonds. The molecule has 0 aliphatic carbocycles. The minimum absolute atomic E-state index is 0.588. The third-order valence-corrected chi connectivity index (χ3v) is 4.04. The van der Waals surface area contributed by atoms with Gasteiger partial charge < -0.3 is 30.3 Å². The van der Waals surface area contributed by atoms with Crippen molar-refractivity contribution in [1.82, 2.24) is 0 Å². The number of carboxylic acid groups (broad SMARTS) is 2. The zero-order valence-corrected chi connectivity index (χ0v) is 16.7. The predicted molar refractivity (Wildman–Crippen MR) is 116 cm³/mol. The molecule has 0 spiro atoms. The summed E-state index contributed by atoms with van der Waals surface area (Å²) in [6, 6.07) is 10.7. The van der Waals surface area contributed by atoms with Gasteiger partial charge in [0.15, 0.2) is 0 Å².